The van der Waals surface area contributed by atoms with Crippen LogP contribution < -0.4 is 4.57 Å². The number of benzene rings is 8. The molecule has 4 aromatic heterocycles. The molecule has 0 unspecified atom stereocenters. The lowest BCUT2D eigenvalue weighted by molar-refractivity contribution is -0.595. The number of para-hydroxylation sites is 3. The number of rotatable bonds is 5. The number of hydrogen-bond donors (Lipinski definition) is 0. The van der Waals surface area contributed by atoms with Crippen LogP contribution in [0.2, 0.25) is 0 Å². The van der Waals surface area contributed by atoms with E-state index in [2.05, 4.69) is 220 Å². The van der Waals surface area contributed by atoms with E-state index in [4.69, 9.17) is 0 Å². The molecule has 8 aromatic carbocycles. The summed E-state index contributed by atoms with van der Waals surface area (Å²) in [6.07, 6.45) is 4.30. The zero-order valence-corrected chi connectivity index (χ0v) is 31.7. The van der Waals surface area contributed by atoms with E-state index in [9.17, 15) is 0 Å². The van der Waals surface area contributed by atoms with Gasteiger partial charge >= 0.3 is 0 Å². The predicted octanol–water partition coefficient (Wildman–Crippen LogP) is 13.9. The number of fused-ring (bicyclic) bond motifs is 9. The molecule has 12 rings (SSSR count). The molecule has 12 aromatic rings. The Morgan fingerprint density at radius 1 is 0.351 bits per heavy atom. The van der Waals surface area contributed by atoms with E-state index in [0.717, 1.165) is 17.1 Å². The Kier molecular flexibility index (Phi) is 7.10. The van der Waals surface area contributed by atoms with Gasteiger partial charge in [0.15, 0.2) is 12.4 Å². The van der Waals surface area contributed by atoms with Crippen LogP contribution in [0.25, 0.3) is 103 Å². The molecule has 3 nitrogen and oxygen atoms in total. The van der Waals surface area contributed by atoms with Gasteiger partial charge in [-0.1, -0.05) is 103 Å². The molecule has 57 heavy (non-hydrogen) atoms. The Balaban J connectivity index is 1.04. The Morgan fingerprint density at radius 3 is 1.56 bits per heavy atom. The summed E-state index contributed by atoms with van der Waals surface area (Å²) < 4.78 is 9.61. The molecular formula is C53H34N3S+. The quantitative estimate of drug-likeness (QED) is 0.156. The summed E-state index contributed by atoms with van der Waals surface area (Å²) in [7, 11) is 0. The largest absolute Gasteiger partial charge is 0.309 e. The third-order valence-electron chi connectivity index (χ3n) is 11.6. The van der Waals surface area contributed by atoms with Crippen molar-refractivity contribution < 1.29 is 4.57 Å². The van der Waals surface area contributed by atoms with Gasteiger partial charge in [0.1, 0.15) is 0 Å². The fourth-order valence-corrected chi connectivity index (χ4v) is 10.1. The van der Waals surface area contributed by atoms with Crippen molar-refractivity contribution in [2.45, 2.75) is 0 Å². The second-order valence-electron chi connectivity index (χ2n) is 14.8. The van der Waals surface area contributed by atoms with Gasteiger partial charge in [-0.3, -0.25) is 0 Å². The first-order valence-corrected chi connectivity index (χ1v) is 20.2. The SMILES string of the molecule is c1ccc(-n2c3ccc(-c4ccc5c(c4)c4ccccc4n5-c4cc[n+](-c5ccccc5)cc4)cc3c3cc(-c4cccc5sc6ccccc6c45)ccc32)cc1. The molecule has 0 aliphatic rings. The third-order valence-corrected chi connectivity index (χ3v) is 12.8. The molecule has 0 radical (unpaired) electrons. The van der Waals surface area contributed by atoms with Crippen LogP contribution in [0.1, 0.15) is 0 Å². The van der Waals surface area contributed by atoms with Crippen molar-refractivity contribution in [2.75, 3.05) is 0 Å². The van der Waals surface area contributed by atoms with Crippen LogP contribution in [-0.4, -0.2) is 9.13 Å². The Morgan fingerprint density at radius 2 is 0.860 bits per heavy atom. The standard InChI is InChI=1S/C53H34N3S/c1-3-12-38(13-4-1)54-30-28-40(29-31-54)56-47-19-9-7-16-42(47)44-32-35(22-25-48(44)56)36-23-26-49-45(33-36)46-34-37(24-27-50(46)55(49)39-14-5-2-6-15-39)41-18-11-21-52-53(41)43-17-8-10-20-51(43)57-52/h1-34H/q+1. The highest BCUT2D eigenvalue weighted by molar-refractivity contribution is 7.25. The van der Waals surface area contributed by atoms with Gasteiger partial charge in [0.05, 0.1) is 27.8 Å². The average molecular weight is 745 g/mol. The first-order valence-electron chi connectivity index (χ1n) is 19.4. The Bertz CT molecular complexity index is 3500. The highest BCUT2D eigenvalue weighted by Gasteiger charge is 2.18. The molecule has 0 aliphatic heterocycles. The lowest BCUT2D eigenvalue weighted by Gasteiger charge is -2.09. The van der Waals surface area contributed by atoms with Crippen molar-refractivity contribution in [3.63, 3.8) is 0 Å². The van der Waals surface area contributed by atoms with Gasteiger partial charge in [0.25, 0.3) is 0 Å². The Hall–Kier alpha value is -7.27. The number of aromatic nitrogens is 3. The van der Waals surface area contributed by atoms with Crippen LogP contribution >= 0.6 is 11.3 Å². The normalized spacial score (nSPS) is 11.9. The van der Waals surface area contributed by atoms with E-state index in [1.807, 2.05) is 11.3 Å². The van der Waals surface area contributed by atoms with Gasteiger partial charge in [0.2, 0.25) is 5.69 Å². The van der Waals surface area contributed by atoms with Crippen molar-refractivity contribution in [3.05, 3.63) is 207 Å². The van der Waals surface area contributed by atoms with E-state index in [1.54, 1.807) is 0 Å². The minimum absolute atomic E-state index is 1.14. The molecule has 4 heterocycles. The molecule has 0 amide bonds. The molecule has 0 spiro atoms. The van der Waals surface area contributed by atoms with Gasteiger partial charge < -0.3 is 9.13 Å². The Labute approximate surface area is 333 Å². The maximum atomic E-state index is 2.42. The van der Waals surface area contributed by atoms with Crippen LogP contribution in [0.15, 0.2) is 207 Å². The summed E-state index contributed by atoms with van der Waals surface area (Å²) in [5, 5.41) is 7.64. The minimum Gasteiger partial charge on any atom is -0.309 e. The van der Waals surface area contributed by atoms with Gasteiger partial charge in [-0.2, -0.15) is 4.57 Å². The zero-order chi connectivity index (χ0) is 37.5. The summed E-state index contributed by atoms with van der Waals surface area (Å²) in [5.41, 5.74) is 13.2. The molecule has 4 heteroatoms. The predicted molar refractivity (Wildman–Crippen MR) is 240 cm³/mol. The summed E-state index contributed by atoms with van der Waals surface area (Å²) >= 11 is 1.87. The average Bonchev–Trinajstić information content (AvgIpc) is 3.94. The molecular weight excluding hydrogens is 711 g/mol. The van der Waals surface area contributed by atoms with E-state index in [-0.39, 0.29) is 0 Å². The van der Waals surface area contributed by atoms with Gasteiger partial charge in [-0.15, -0.1) is 11.3 Å². The molecule has 0 saturated heterocycles. The topological polar surface area (TPSA) is 13.7 Å². The number of nitrogens with zero attached hydrogens (tertiary/aromatic N) is 3. The molecule has 266 valence electrons. The van der Waals surface area contributed by atoms with Crippen LogP contribution in [0.4, 0.5) is 0 Å². The highest BCUT2D eigenvalue weighted by Crippen LogP contribution is 2.43. The van der Waals surface area contributed by atoms with E-state index >= 15 is 0 Å². The smallest absolute Gasteiger partial charge is 0.210 e. The number of thiophene rings is 1. The molecule has 0 aliphatic carbocycles. The third kappa shape index (κ3) is 5.01. The zero-order valence-electron chi connectivity index (χ0n) is 30.9. The fraction of sp³-hybridized carbons (Fsp3) is 0. The molecule has 0 N–H and O–H groups in total. The lowest BCUT2D eigenvalue weighted by Crippen LogP contribution is -2.29. The van der Waals surface area contributed by atoms with Crippen molar-refractivity contribution >= 4 is 75.1 Å². The molecule has 0 bridgehead atoms. The van der Waals surface area contributed by atoms with E-state index in [0.29, 0.717) is 0 Å². The van der Waals surface area contributed by atoms with Crippen LogP contribution in [-0.2, 0) is 0 Å². The lowest BCUT2D eigenvalue weighted by atomic mass is 9.97. The first kappa shape index (κ1) is 32.0. The second kappa shape index (κ2) is 12.6. The number of hydrogen-bond acceptors (Lipinski definition) is 1. The maximum absolute atomic E-state index is 2.42. The second-order valence-corrected chi connectivity index (χ2v) is 15.9. The van der Waals surface area contributed by atoms with E-state index < -0.39 is 0 Å². The molecule has 0 saturated carbocycles. The summed E-state index contributed by atoms with van der Waals surface area (Å²) in [6.45, 7) is 0. The van der Waals surface area contributed by atoms with Gasteiger partial charge in [-0.25, -0.2) is 0 Å². The highest BCUT2D eigenvalue weighted by atomic mass is 32.1. The summed E-state index contributed by atoms with van der Waals surface area (Å²) in [4.78, 5) is 0. The number of pyridine rings is 1. The van der Waals surface area contributed by atoms with Crippen LogP contribution in [0.5, 0.6) is 0 Å². The van der Waals surface area contributed by atoms with E-state index in [1.165, 1.54) is 86.0 Å². The maximum Gasteiger partial charge on any atom is 0.210 e. The van der Waals surface area contributed by atoms with Crippen LogP contribution in [0.3, 0.4) is 0 Å². The molecule has 0 fully saturated rings. The summed E-state index contributed by atoms with van der Waals surface area (Å²) in [5.74, 6) is 0. The van der Waals surface area contributed by atoms with Crippen molar-refractivity contribution in [1.82, 2.24) is 9.13 Å². The summed E-state index contributed by atoms with van der Waals surface area (Å²) in [6, 6.07) is 70.9. The first-order chi connectivity index (χ1) is 28.3. The fourth-order valence-electron chi connectivity index (χ4n) is 9.01. The van der Waals surface area contributed by atoms with Crippen molar-refractivity contribution in [1.29, 1.82) is 0 Å². The van der Waals surface area contributed by atoms with Crippen LogP contribution in [0, 0.1) is 0 Å². The monoisotopic (exact) mass is 744 g/mol. The van der Waals surface area contributed by atoms with Crippen molar-refractivity contribution in [2.24, 2.45) is 0 Å². The van der Waals surface area contributed by atoms with Gasteiger partial charge in [-0.05, 0) is 89.0 Å². The van der Waals surface area contributed by atoms with Crippen molar-refractivity contribution in [3.8, 4) is 39.3 Å². The minimum atomic E-state index is 1.14. The molecule has 0 atom stereocenters. The van der Waals surface area contributed by atoms with Gasteiger partial charge in [0, 0.05) is 71.7 Å².